The van der Waals surface area contributed by atoms with Gasteiger partial charge in [0.1, 0.15) is 16.9 Å². The third-order valence-electron chi connectivity index (χ3n) is 9.67. The molecule has 1 N–H and O–H groups in total. The fraction of sp³-hybridized carbons (Fsp3) is 0.0222. The summed E-state index contributed by atoms with van der Waals surface area (Å²) in [5.74, 6) is 0.875. The number of para-hydroxylation sites is 3. The van der Waals surface area contributed by atoms with Crippen LogP contribution in [0.4, 0.5) is 22.7 Å². The number of nitrogens with zero attached hydrogens (tertiary/aromatic N) is 1. The van der Waals surface area contributed by atoms with Crippen LogP contribution in [0.25, 0.3) is 54.6 Å². The van der Waals surface area contributed by atoms with Crippen LogP contribution < -0.4 is 15.0 Å². The summed E-state index contributed by atoms with van der Waals surface area (Å²) in [4.78, 5) is 2.36. The van der Waals surface area contributed by atoms with Crippen LogP contribution in [0.1, 0.15) is 11.8 Å². The predicted octanol–water partition coefficient (Wildman–Crippen LogP) is 12.5. The summed E-state index contributed by atoms with van der Waals surface area (Å²) in [6.07, 6.45) is -0.222. The molecule has 1 atom stereocenters. The average molecular weight is 631 g/mol. The van der Waals surface area contributed by atoms with Crippen molar-refractivity contribution in [2.24, 2.45) is 0 Å². The van der Waals surface area contributed by atoms with E-state index >= 15 is 0 Å². The first kappa shape index (κ1) is 27.6. The van der Waals surface area contributed by atoms with Crippen LogP contribution in [-0.4, -0.2) is 0 Å². The largest absolute Gasteiger partial charge is 0.464 e. The first-order valence-electron chi connectivity index (χ1n) is 16.6. The second kappa shape index (κ2) is 11.0. The van der Waals surface area contributed by atoms with Gasteiger partial charge in [0.15, 0.2) is 6.23 Å². The number of hydrogen-bond acceptors (Lipinski definition) is 4. The minimum atomic E-state index is -0.222. The number of benzene rings is 8. The summed E-state index contributed by atoms with van der Waals surface area (Å²) in [5, 5.41) is 10.6. The van der Waals surface area contributed by atoms with Gasteiger partial charge in [-0.15, -0.1) is 0 Å². The molecule has 232 valence electrons. The molecule has 2 heterocycles. The highest BCUT2D eigenvalue weighted by Gasteiger charge is 2.26. The summed E-state index contributed by atoms with van der Waals surface area (Å²) >= 11 is 0. The van der Waals surface area contributed by atoms with Crippen LogP contribution in [0.5, 0.6) is 5.75 Å². The van der Waals surface area contributed by atoms with Gasteiger partial charge in [-0.3, -0.25) is 0 Å². The maximum Gasteiger partial charge on any atom is 0.196 e. The van der Waals surface area contributed by atoms with E-state index in [0.29, 0.717) is 0 Å². The van der Waals surface area contributed by atoms with Crippen LogP contribution >= 0.6 is 0 Å². The van der Waals surface area contributed by atoms with E-state index in [9.17, 15) is 0 Å². The third kappa shape index (κ3) is 4.53. The van der Waals surface area contributed by atoms with Gasteiger partial charge in [-0.1, -0.05) is 115 Å². The smallest absolute Gasteiger partial charge is 0.196 e. The zero-order valence-corrected chi connectivity index (χ0v) is 26.5. The number of ether oxygens (including phenoxy) is 1. The molecule has 1 unspecified atom stereocenters. The summed E-state index contributed by atoms with van der Waals surface area (Å²) in [5.41, 5.74) is 9.49. The molecule has 0 amide bonds. The molecule has 8 aromatic carbocycles. The molecule has 0 bridgehead atoms. The van der Waals surface area contributed by atoms with Gasteiger partial charge in [0.2, 0.25) is 0 Å². The van der Waals surface area contributed by atoms with Crippen LogP contribution in [0.15, 0.2) is 174 Å². The molecule has 0 radical (unpaired) electrons. The lowest BCUT2D eigenvalue weighted by atomic mass is 9.98. The van der Waals surface area contributed by atoms with Gasteiger partial charge in [-0.25, -0.2) is 0 Å². The molecule has 10 rings (SSSR count). The predicted molar refractivity (Wildman–Crippen MR) is 202 cm³/mol. The molecule has 49 heavy (non-hydrogen) atoms. The quantitative estimate of drug-likeness (QED) is 0.192. The lowest BCUT2D eigenvalue weighted by Gasteiger charge is -2.28. The van der Waals surface area contributed by atoms with E-state index < -0.39 is 0 Å². The normalized spacial score (nSPS) is 13.8. The third-order valence-corrected chi connectivity index (χ3v) is 9.67. The number of furan rings is 1. The van der Waals surface area contributed by atoms with Crippen molar-refractivity contribution in [3.63, 3.8) is 0 Å². The molecule has 0 aliphatic carbocycles. The van der Waals surface area contributed by atoms with E-state index in [-0.39, 0.29) is 6.23 Å². The highest BCUT2D eigenvalue weighted by Crippen LogP contribution is 2.47. The molecule has 0 spiro atoms. The van der Waals surface area contributed by atoms with Crippen molar-refractivity contribution in [2.45, 2.75) is 6.23 Å². The fourth-order valence-electron chi connectivity index (χ4n) is 7.38. The fourth-order valence-corrected chi connectivity index (χ4v) is 7.38. The first-order valence-corrected chi connectivity index (χ1v) is 16.6. The highest BCUT2D eigenvalue weighted by atomic mass is 16.5. The number of rotatable bonds is 5. The topological polar surface area (TPSA) is 37.6 Å². The molecule has 0 saturated heterocycles. The maximum atomic E-state index is 6.40. The standard InChI is InChI=1S/C45H30N2O2/c1-3-11-30(12-4-1)45-46-44-42(49-45)26-21-29-19-20-31-27-34(23-24-36(31)43(29)44)47(33-13-5-2-6-14-33)39-17-9-7-15-35(39)32-22-25-41-38(28-32)37-16-8-10-18-40(37)48-41/h1-28,45-46H. The minimum Gasteiger partial charge on any atom is -0.464 e. The summed E-state index contributed by atoms with van der Waals surface area (Å²) in [7, 11) is 0. The van der Waals surface area contributed by atoms with E-state index in [0.717, 1.165) is 72.5 Å². The Kier molecular flexibility index (Phi) is 6.21. The molecular weight excluding hydrogens is 601 g/mol. The molecule has 1 aliphatic heterocycles. The van der Waals surface area contributed by atoms with Crippen molar-refractivity contribution in [1.29, 1.82) is 0 Å². The first-order chi connectivity index (χ1) is 24.3. The van der Waals surface area contributed by atoms with E-state index in [1.54, 1.807) is 0 Å². The molecule has 4 nitrogen and oxygen atoms in total. The van der Waals surface area contributed by atoms with E-state index in [2.05, 4.69) is 150 Å². The van der Waals surface area contributed by atoms with Crippen LogP contribution in [-0.2, 0) is 0 Å². The van der Waals surface area contributed by atoms with Crippen molar-refractivity contribution < 1.29 is 9.15 Å². The lowest BCUT2D eigenvalue weighted by molar-refractivity contribution is 0.260. The maximum absolute atomic E-state index is 6.40. The summed E-state index contributed by atoms with van der Waals surface area (Å²) in [6.45, 7) is 0. The van der Waals surface area contributed by atoms with Gasteiger partial charge in [0.05, 0.1) is 11.4 Å². The number of nitrogens with one attached hydrogen (secondary N) is 1. The Morgan fingerprint density at radius 2 is 1.24 bits per heavy atom. The summed E-state index contributed by atoms with van der Waals surface area (Å²) < 4.78 is 12.6. The van der Waals surface area contributed by atoms with Crippen molar-refractivity contribution in [1.82, 2.24) is 0 Å². The zero-order valence-electron chi connectivity index (χ0n) is 26.5. The Morgan fingerprint density at radius 3 is 2.14 bits per heavy atom. The zero-order chi connectivity index (χ0) is 32.3. The van der Waals surface area contributed by atoms with Gasteiger partial charge in [-0.2, -0.15) is 0 Å². The second-order valence-electron chi connectivity index (χ2n) is 12.6. The van der Waals surface area contributed by atoms with Crippen LogP contribution in [0.3, 0.4) is 0 Å². The van der Waals surface area contributed by atoms with Gasteiger partial charge in [-0.05, 0) is 76.3 Å². The van der Waals surface area contributed by atoms with Crippen LogP contribution in [0.2, 0.25) is 0 Å². The van der Waals surface area contributed by atoms with E-state index in [4.69, 9.17) is 9.15 Å². The van der Waals surface area contributed by atoms with Crippen molar-refractivity contribution >= 4 is 66.2 Å². The van der Waals surface area contributed by atoms with E-state index in [1.807, 2.05) is 30.3 Å². The Balaban J connectivity index is 1.12. The van der Waals surface area contributed by atoms with Crippen molar-refractivity contribution in [3.05, 3.63) is 175 Å². The minimum absolute atomic E-state index is 0.222. The molecule has 4 heteroatoms. The number of fused-ring (bicyclic) bond motifs is 8. The summed E-state index contributed by atoms with van der Waals surface area (Å²) in [6, 6.07) is 59.8. The van der Waals surface area contributed by atoms with Crippen LogP contribution in [0, 0.1) is 0 Å². The Hall–Kier alpha value is -6.52. The van der Waals surface area contributed by atoms with Crippen molar-refractivity contribution in [2.75, 3.05) is 10.2 Å². The molecule has 0 saturated carbocycles. The van der Waals surface area contributed by atoms with E-state index in [1.165, 1.54) is 16.2 Å². The van der Waals surface area contributed by atoms with Gasteiger partial charge < -0.3 is 19.4 Å². The SMILES string of the molecule is c1ccc(C2Nc3c(ccc4ccc5cc(N(c6ccccc6)c6ccccc6-c6ccc7oc8ccccc8c7c6)ccc5c34)O2)cc1. The Labute approximate surface area is 283 Å². The van der Waals surface area contributed by atoms with Gasteiger partial charge in [0, 0.05) is 38.7 Å². The number of hydrogen-bond donors (Lipinski definition) is 1. The molecule has 0 fully saturated rings. The second-order valence-corrected chi connectivity index (χ2v) is 12.6. The molecule has 1 aliphatic rings. The highest BCUT2D eigenvalue weighted by molar-refractivity contribution is 6.16. The Morgan fingerprint density at radius 1 is 0.510 bits per heavy atom. The molecule has 1 aromatic heterocycles. The average Bonchev–Trinajstić information content (AvgIpc) is 3.78. The monoisotopic (exact) mass is 630 g/mol. The number of anilines is 4. The molecule has 9 aromatic rings. The Bertz CT molecular complexity index is 2680. The van der Waals surface area contributed by atoms with Gasteiger partial charge >= 0.3 is 0 Å². The van der Waals surface area contributed by atoms with Crippen molar-refractivity contribution in [3.8, 4) is 16.9 Å². The molecular formula is C45H30N2O2. The lowest BCUT2D eigenvalue weighted by Crippen LogP contribution is -2.11. The van der Waals surface area contributed by atoms with Gasteiger partial charge in [0.25, 0.3) is 0 Å².